The Kier molecular flexibility index (Phi) is 20.7. The highest BCUT2D eigenvalue weighted by Crippen LogP contribution is 2.49. The van der Waals surface area contributed by atoms with Gasteiger partial charge >= 0.3 is 11.9 Å². The lowest BCUT2D eigenvalue weighted by Crippen LogP contribution is -2.60. The second-order valence-electron chi connectivity index (χ2n) is 19.1. The van der Waals surface area contributed by atoms with Gasteiger partial charge in [0.2, 0.25) is 0 Å². The van der Waals surface area contributed by atoms with Gasteiger partial charge in [0.05, 0.1) is 19.1 Å². The number of ether oxygens (including phenoxy) is 1. The summed E-state index contributed by atoms with van der Waals surface area (Å²) < 4.78 is 6.69. The molecule has 2 heterocycles. The molecule has 52 heavy (non-hydrogen) atoms. The van der Waals surface area contributed by atoms with Crippen molar-refractivity contribution in [2.45, 2.75) is 221 Å². The Labute approximate surface area is 320 Å². The molecule has 2 fully saturated rings. The topological polar surface area (TPSA) is 88.5 Å². The summed E-state index contributed by atoms with van der Waals surface area (Å²) in [5.41, 5.74) is -0.820. The molecule has 0 spiro atoms. The van der Waals surface area contributed by atoms with E-state index < -0.39 is 5.97 Å². The van der Waals surface area contributed by atoms with Gasteiger partial charge in [0.1, 0.15) is 6.10 Å². The SMILES string of the molecule is CCCCCCCCON1CC(C)(C)C(OC(=O)C(CCCCCCCC(=O)O)C2CC(C)(C)N(OCCCCCCCC)CC2(C)C)CC1(C)C. The minimum atomic E-state index is -0.726. The van der Waals surface area contributed by atoms with Crippen LogP contribution >= 0.6 is 0 Å². The number of hydrogen-bond donors (Lipinski definition) is 1. The highest BCUT2D eigenvalue weighted by Gasteiger charge is 2.52. The standard InChI is InChI=1S/C44H84N2O6/c1-11-13-15-17-22-26-30-50-45-34-41(3,4)37(32-43(45,7)8)36(28-24-20-19-21-25-29-39(47)48)40(49)52-38-33-44(9,10)46(35-42(38,5)6)51-31-27-23-18-16-14-12-2/h36-38H,11-35H2,1-10H3,(H,47,48). The Bertz CT molecular complexity index is 1010. The molecule has 3 atom stereocenters. The minimum Gasteiger partial charge on any atom is -0.481 e. The number of esters is 1. The normalized spacial score (nSPS) is 23.3. The van der Waals surface area contributed by atoms with Crippen molar-refractivity contribution in [3.63, 3.8) is 0 Å². The molecule has 0 aromatic rings. The predicted molar refractivity (Wildman–Crippen MR) is 214 cm³/mol. The van der Waals surface area contributed by atoms with Crippen LogP contribution in [0.15, 0.2) is 0 Å². The number of carbonyl (C=O) groups excluding carboxylic acids is 1. The second-order valence-corrected chi connectivity index (χ2v) is 19.1. The first-order valence-corrected chi connectivity index (χ1v) is 21.7. The van der Waals surface area contributed by atoms with Crippen molar-refractivity contribution in [1.82, 2.24) is 10.1 Å². The number of piperidine rings is 2. The van der Waals surface area contributed by atoms with E-state index in [4.69, 9.17) is 19.5 Å². The molecule has 2 aliphatic heterocycles. The molecule has 2 aliphatic rings. The summed E-state index contributed by atoms with van der Waals surface area (Å²) in [5, 5.41) is 13.4. The molecule has 0 radical (unpaired) electrons. The van der Waals surface area contributed by atoms with Crippen LogP contribution in [0.4, 0.5) is 0 Å². The van der Waals surface area contributed by atoms with E-state index in [1.165, 1.54) is 64.2 Å². The van der Waals surface area contributed by atoms with E-state index in [0.717, 1.165) is 84.1 Å². The molecule has 0 aromatic heterocycles. The number of rotatable bonds is 27. The van der Waals surface area contributed by atoms with Gasteiger partial charge in [-0.3, -0.25) is 19.3 Å². The molecular weight excluding hydrogens is 652 g/mol. The summed E-state index contributed by atoms with van der Waals surface area (Å²) in [5.74, 6) is -0.810. The van der Waals surface area contributed by atoms with Crippen molar-refractivity contribution in [1.29, 1.82) is 0 Å². The van der Waals surface area contributed by atoms with Crippen LogP contribution in [0.5, 0.6) is 0 Å². The van der Waals surface area contributed by atoms with Crippen LogP contribution in [-0.2, 0) is 24.0 Å². The molecule has 306 valence electrons. The molecule has 0 bridgehead atoms. The van der Waals surface area contributed by atoms with Crippen molar-refractivity contribution in [2.24, 2.45) is 22.7 Å². The fourth-order valence-electron chi connectivity index (χ4n) is 8.46. The lowest BCUT2D eigenvalue weighted by atomic mass is 9.63. The first-order chi connectivity index (χ1) is 24.5. The minimum absolute atomic E-state index is 0.0449. The van der Waals surface area contributed by atoms with Gasteiger partial charge in [-0.15, -0.1) is 0 Å². The summed E-state index contributed by atoms with van der Waals surface area (Å²) in [6.07, 6.45) is 21.9. The van der Waals surface area contributed by atoms with E-state index >= 15 is 0 Å². The van der Waals surface area contributed by atoms with Gasteiger partial charge in [0.15, 0.2) is 0 Å². The van der Waals surface area contributed by atoms with E-state index in [1.54, 1.807) is 0 Å². The Balaban J connectivity index is 2.12. The number of hydroxylamine groups is 4. The molecular formula is C44H84N2O6. The van der Waals surface area contributed by atoms with E-state index in [1.807, 2.05) is 0 Å². The number of carboxylic acid groups (broad SMARTS) is 1. The highest BCUT2D eigenvalue weighted by atomic mass is 16.7. The predicted octanol–water partition coefficient (Wildman–Crippen LogP) is 11.6. The van der Waals surface area contributed by atoms with Gasteiger partial charge in [-0.25, -0.2) is 0 Å². The Morgan fingerprint density at radius 1 is 0.615 bits per heavy atom. The van der Waals surface area contributed by atoms with E-state index in [2.05, 4.69) is 79.4 Å². The zero-order chi connectivity index (χ0) is 38.8. The zero-order valence-electron chi connectivity index (χ0n) is 35.8. The summed E-state index contributed by atoms with van der Waals surface area (Å²) >= 11 is 0. The molecule has 3 unspecified atom stereocenters. The third-order valence-electron chi connectivity index (χ3n) is 12.2. The third kappa shape index (κ3) is 16.3. The average Bonchev–Trinajstić information content (AvgIpc) is 3.05. The lowest BCUT2D eigenvalue weighted by Gasteiger charge is -2.54. The first-order valence-electron chi connectivity index (χ1n) is 21.7. The van der Waals surface area contributed by atoms with Crippen molar-refractivity contribution < 1.29 is 29.1 Å². The summed E-state index contributed by atoms with van der Waals surface area (Å²) in [6, 6.07) is 0. The van der Waals surface area contributed by atoms with E-state index in [0.29, 0.717) is 6.42 Å². The molecule has 0 aromatic carbocycles. The Morgan fingerprint density at radius 3 is 1.58 bits per heavy atom. The Morgan fingerprint density at radius 2 is 1.06 bits per heavy atom. The Hall–Kier alpha value is -1.22. The molecule has 0 saturated carbocycles. The summed E-state index contributed by atoms with van der Waals surface area (Å²) in [7, 11) is 0. The number of nitrogens with zero attached hydrogens (tertiary/aromatic N) is 2. The molecule has 8 heteroatoms. The monoisotopic (exact) mass is 737 g/mol. The van der Waals surface area contributed by atoms with Crippen LogP contribution in [0.2, 0.25) is 0 Å². The van der Waals surface area contributed by atoms with Crippen LogP contribution in [0, 0.1) is 22.7 Å². The van der Waals surface area contributed by atoms with E-state index in [9.17, 15) is 9.59 Å². The molecule has 8 nitrogen and oxygen atoms in total. The summed E-state index contributed by atoms with van der Waals surface area (Å²) in [6.45, 7) is 25.6. The van der Waals surface area contributed by atoms with Crippen LogP contribution in [0.3, 0.4) is 0 Å². The molecule has 1 N–H and O–H groups in total. The average molecular weight is 737 g/mol. The first kappa shape index (κ1) is 46.9. The second kappa shape index (κ2) is 23.0. The number of carboxylic acids is 1. The van der Waals surface area contributed by atoms with Crippen molar-refractivity contribution in [3.8, 4) is 0 Å². The maximum atomic E-state index is 14.6. The van der Waals surface area contributed by atoms with Crippen LogP contribution < -0.4 is 0 Å². The van der Waals surface area contributed by atoms with Gasteiger partial charge in [-0.05, 0) is 71.1 Å². The lowest BCUT2D eigenvalue weighted by molar-refractivity contribution is -0.271. The number of unbranched alkanes of at least 4 members (excludes halogenated alkanes) is 14. The smallest absolute Gasteiger partial charge is 0.309 e. The van der Waals surface area contributed by atoms with Gasteiger partial charge in [0, 0.05) is 42.4 Å². The molecule has 0 amide bonds. The molecule has 2 rings (SSSR count). The van der Waals surface area contributed by atoms with Gasteiger partial charge in [-0.1, -0.05) is 131 Å². The number of hydrogen-bond acceptors (Lipinski definition) is 7. The van der Waals surface area contributed by atoms with Crippen LogP contribution in [0.25, 0.3) is 0 Å². The largest absolute Gasteiger partial charge is 0.481 e. The van der Waals surface area contributed by atoms with E-state index in [-0.39, 0.29) is 52.2 Å². The fourth-order valence-corrected chi connectivity index (χ4v) is 8.46. The zero-order valence-corrected chi connectivity index (χ0v) is 35.8. The van der Waals surface area contributed by atoms with Gasteiger partial charge in [-0.2, -0.15) is 10.1 Å². The number of carbonyl (C=O) groups is 2. The van der Waals surface area contributed by atoms with Crippen molar-refractivity contribution in [2.75, 3.05) is 26.3 Å². The molecule has 0 aliphatic carbocycles. The fraction of sp³-hybridized carbons (Fsp3) is 0.955. The summed E-state index contributed by atoms with van der Waals surface area (Å²) in [4.78, 5) is 38.4. The number of aliphatic carboxylic acids is 1. The third-order valence-corrected chi connectivity index (χ3v) is 12.2. The highest BCUT2D eigenvalue weighted by molar-refractivity contribution is 5.73. The van der Waals surface area contributed by atoms with Crippen molar-refractivity contribution in [3.05, 3.63) is 0 Å². The molecule has 2 saturated heterocycles. The van der Waals surface area contributed by atoms with Crippen LogP contribution in [-0.4, -0.2) is 70.7 Å². The maximum Gasteiger partial charge on any atom is 0.309 e. The quantitative estimate of drug-likeness (QED) is 0.0659. The van der Waals surface area contributed by atoms with Crippen LogP contribution in [0.1, 0.15) is 204 Å². The van der Waals surface area contributed by atoms with Gasteiger partial charge < -0.3 is 9.84 Å². The maximum absolute atomic E-state index is 14.6. The van der Waals surface area contributed by atoms with Crippen molar-refractivity contribution >= 4 is 11.9 Å². The van der Waals surface area contributed by atoms with Gasteiger partial charge in [0.25, 0.3) is 0 Å².